The minimum Gasteiger partial charge on any atom is -0.505 e. The van der Waals surface area contributed by atoms with Gasteiger partial charge in [-0.2, -0.15) is 0 Å². The van der Waals surface area contributed by atoms with Gasteiger partial charge in [0.2, 0.25) is 0 Å². The molecule has 0 saturated heterocycles. The molecule has 0 bridgehead atoms. The Bertz CT molecular complexity index is 349. The molecule has 0 amide bonds. The van der Waals surface area contributed by atoms with Crippen LogP contribution in [0.1, 0.15) is 25.3 Å². The first-order chi connectivity index (χ1) is 6.37. The van der Waals surface area contributed by atoms with Crippen molar-refractivity contribution in [3.63, 3.8) is 0 Å². The summed E-state index contributed by atoms with van der Waals surface area (Å²) in [6.07, 6.45) is 0. The highest BCUT2D eigenvalue weighted by Gasteiger charge is 2.23. The monoisotopic (exact) mass is 240 g/mol. The third-order valence-electron chi connectivity index (χ3n) is 1.85. The fourth-order valence-electron chi connectivity index (χ4n) is 1.16. The lowest BCUT2D eigenvalue weighted by molar-refractivity contribution is 0.418. The molecule has 1 aromatic carbocycles. The Morgan fingerprint density at radius 3 is 2.00 bits per heavy atom. The molecule has 0 radical (unpaired) electrons. The number of phenolic OH excluding ortho intramolecular Hbond substituents is 1. The van der Waals surface area contributed by atoms with Gasteiger partial charge in [-0.05, 0) is 5.92 Å². The summed E-state index contributed by atoms with van der Waals surface area (Å²) in [5.41, 5.74) is 0.0334. The Balaban J connectivity index is 3.60. The molecule has 5 heteroatoms. The molecular formula is C9H8Cl2F2O. The molecule has 1 aromatic rings. The molecule has 0 aliphatic heterocycles. The van der Waals surface area contributed by atoms with Crippen molar-refractivity contribution in [1.82, 2.24) is 0 Å². The van der Waals surface area contributed by atoms with E-state index in [0.29, 0.717) is 0 Å². The maximum absolute atomic E-state index is 13.2. The lowest BCUT2D eigenvalue weighted by Gasteiger charge is -2.13. The highest BCUT2D eigenvalue weighted by atomic mass is 35.5. The molecule has 1 rings (SSSR count). The second-order valence-corrected chi connectivity index (χ2v) is 3.93. The minimum absolute atomic E-state index is 0.0334. The van der Waals surface area contributed by atoms with Gasteiger partial charge in [0.25, 0.3) is 0 Å². The van der Waals surface area contributed by atoms with Crippen molar-refractivity contribution in [2.75, 3.05) is 0 Å². The third-order valence-corrected chi connectivity index (χ3v) is 2.56. The van der Waals surface area contributed by atoms with E-state index in [-0.39, 0.29) is 16.5 Å². The van der Waals surface area contributed by atoms with Gasteiger partial charge in [-0.3, -0.25) is 0 Å². The summed E-state index contributed by atoms with van der Waals surface area (Å²) in [4.78, 5) is 0. The largest absolute Gasteiger partial charge is 0.505 e. The van der Waals surface area contributed by atoms with E-state index < -0.39 is 22.4 Å². The predicted molar refractivity (Wildman–Crippen MR) is 52.1 cm³/mol. The van der Waals surface area contributed by atoms with E-state index in [2.05, 4.69) is 0 Å². The zero-order valence-corrected chi connectivity index (χ0v) is 9.05. The summed E-state index contributed by atoms with van der Waals surface area (Å²) in [5.74, 6) is -3.18. The molecule has 0 aliphatic carbocycles. The van der Waals surface area contributed by atoms with Gasteiger partial charge in [0.05, 0.1) is 5.02 Å². The Hall–Kier alpha value is -0.540. The second kappa shape index (κ2) is 3.91. The predicted octanol–water partition coefficient (Wildman–Crippen LogP) is 4.10. The van der Waals surface area contributed by atoms with Crippen LogP contribution in [0.3, 0.4) is 0 Å². The van der Waals surface area contributed by atoms with Gasteiger partial charge in [-0.15, -0.1) is 0 Å². The first-order valence-corrected chi connectivity index (χ1v) is 4.68. The van der Waals surface area contributed by atoms with Gasteiger partial charge in [0, 0.05) is 5.56 Å². The van der Waals surface area contributed by atoms with Crippen molar-refractivity contribution in [2.24, 2.45) is 0 Å². The van der Waals surface area contributed by atoms with Crippen molar-refractivity contribution in [1.29, 1.82) is 0 Å². The zero-order valence-electron chi connectivity index (χ0n) is 7.54. The van der Waals surface area contributed by atoms with Crippen LogP contribution in [0.15, 0.2) is 0 Å². The van der Waals surface area contributed by atoms with Crippen LogP contribution in [0, 0.1) is 11.6 Å². The van der Waals surface area contributed by atoms with E-state index in [9.17, 15) is 13.9 Å². The summed E-state index contributed by atoms with van der Waals surface area (Å²) in [6.45, 7) is 3.32. The highest BCUT2D eigenvalue weighted by Crippen LogP contribution is 2.40. The maximum Gasteiger partial charge on any atom is 0.186 e. The quantitative estimate of drug-likeness (QED) is 0.579. The van der Waals surface area contributed by atoms with E-state index in [1.165, 1.54) is 0 Å². The average molecular weight is 241 g/mol. The van der Waals surface area contributed by atoms with E-state index >= 15 is 0 Å². The molecule has 0 aromatic heterocycles. The van der Waals surface area contributed by atoms with Crippen LogP contribution < -0.4 is 0 Å². The lowest BCUT2D eigenvalue weighted by atomic mass is 10.0. The number of phenols is 1. The molecule has 0 spiro atoms. The normalized spacial score (nSPS) is 11.1. The second-order valence-electron chi connectivity index (χ2n) is 3.17. The smallest absolute Gasteiger partial charge is 0.186 e. The van der Waals surface area contributed by atoms with E-state index in [1.807, 2.05) is 0 Å². The number of hydrogen-bond acceptors (Lipinski definition) is 1. The van der Waals surface area contributed by atoms with Crippen LogP contribution >= 0.6 is 23.2 Å². The minimum atomic E-state index is -1.17. The van der Waals surface area contributed by atoms with Gasteiger partial charge >= 0.3 is 0 Å². The Morgan fingerprint density at radius 1 is 1.07 bits per heavy atom. The SMILES string of the molecule is CC(C)c1c(O)c(F)c(Cl)c(F)c1Cl. The lowest BCUT2D eigenvalue weighted by Crippen LogP contribution is -1.97. The van der Waals surface area contributed by atoms with E-state index in [0.717, 1.165) is 0 Å². The van der Waals surface area contributed by atoms with Crippen LogP contribution in [-0.2, 0) is 0 Å². The molecule has 0 atom stereocenters. The van der Waals surface area contributed by atoms with Crippen molar-refractivity contribution in [3.8, 4) is 5.75 Å². The first-order valence-electron chi connectivity index (χ1n) is 3.92. The van der Waals surface area contributed by atoms with Gasteiger partial charge in [-0.1, -0.05) is 37.0 Å². The van der Waals surface area contributed by atoms with Crippen molar-refractivity contribution in [3.05, 3.63) is 27.2 Å². The van der Waals surface area contributed by atoms with E-state index in [4.69, 9.17) is 23.2 Å². The maximum atomic E-state index is 13.2. The third kappa shape index (κ3) is 1.66. The van der Waals surface area contributed by atoms with Crippen LogP contribution in [0.2, 0.25) is 10.0 Å². The van der Waals surface area contributed by atoms with Gasteiger partial charge in [-0.25, -0.2) is 8.78 Å². The molecule has 0 heterocycles. The summed E-state index contributed by atoms with van der Waals surface area (Å²) >= 11 is 10.9. The van der Waals surface area contributed by atoms with Crippen molar-refractivity contribution in [2.45, 2.75) is 19.8 Å². The molecule has 0 unspecified atom stereocenters. The van der Waals surface area contributed by atoms with Crippen LogP contribution in [0.5, 0.6) is 5.75 Å². The van der Waals surface area contributed by atoms with Crippen LogP contribution in [-0.4, -0.2) is 5.11 Å². The molecule has 14 heavy (non-hydrogen) atoms. The molecule has 1 N–H and O–H groups in total. The van der Waals surface area contributed by atoms with Crippen molar-refractivity contribution < 1.29 is 13.9 Å². The van der Waals surface area contributed by atoms with Gasteiger partial charge < -0.3 is 5.11 Å². The molecule has 78 valence electrons. The molecule has 1 nitrogen and oxygen atoms in total. The first kappa shape index (κ1) is 11.5. The van der Waals surface area contributed by atoms with E-state index in [1.54, 1.807) is 13.8 Å². The molecular weight excluding hydrogens is 233 g/mol. The molecule has 0 saturated carbocycles. The molecule has 0 fully saturated rings. The van der Waals surface area contributed by atoms with Gasteiger partial charge in [0.15, 0.2) is 17.4 Å². The van der Waals surface area contributed by atoms with Crippen LogP contribution in [0.25, 0.3) is 0 Å². The number of halogens is 4. The zero-order chi connectivity index (χ0) is 11.0. The molecule has 0 aliphatic rings. The number of rotatable bonds is 1. The number of aromatic hydroxyl groups is 1. The van der Waals surface area contributed by atoms with Crippen molar-refractivity contribution >= 4 is 23.2 Å². The Morgan fingerprint density at radius 2 is 1.57 bits per heavy atom. The summed E-state index contributed by atoms with van der Waals surface area (Å²) in [6, 6.07) is 0. The fraction of sp³-hybridized carbons (Fsp3) is 0.333. The standard InChI is InChI=1S/C9H8Cl2F2O/c1-3(2)4-5(10)7(12)6(11)8(13)9(4)14/h3,14H,1-2H3. The summed E-state index contributed by atoms with van der Waals surface area (Å²) in [5, 5.41) is 8.23. The Kier molecular flexibility index (Phi) is 3.22. The van der Waals surface area contributed by atoms with Gasteiger partial charge in [0.1, 0.15) is 5.02 Å². The Labute approximate surface area is 90.3 Å². The summed E-state index contributed by atoms with van der Waals surface area (Å²) in [7, 11) is 0. The fourth-order valence-corrected chi connectivity index (χ4v) is 1.80. The topological polar surface area (TPSA) is 20.2 Å². The van der Waals surface area contributed by atoms with Crippen LogP contribution in [0.4, 0.5) is 8.78 Å². The highest BCUT2D eigenvalue weighted by molar-refractivity contribution is 6.35. The number of hydrogen-bond donors (Lipinski definition) is 1. The number of benzene rings is 1. The average Bonchev–Trinajstić information content (AvgIpc) is 2.11. The summed E-state index contributed by atoms with van der Waals surface area (Å²) < 4.78 is 26.3.